The van der Waals surface area contributed by atoms with Gasteiger partial charge in [-0.1, -0.05) is 23.8 Å². The standard InChI is InChI=1S/C18H17N3O3S/c1-13-5-7-15(8-6-13)21-10-9-17(18(21)22)20-25(23,24)16-4-2-3-14(11-16)12-19/h2-8,11,17,20H,9-10H2,1H3. The number of aryl methyl sites for hydroxylation is 1. The first-order valence-electron chi connectivity index (χ1n) is 7.81. The number of nitriles is 1. The van der Waals surface area contributed by atoms with Crippen molar-refractivity contribution in [3.8, 4) is 6.07 Å². The van der Waals surface area contributed by atoms with Crippen LogP contribution in [-0.2, 0) is 14.8 Å². The number of carbonyl (C=O) groups excluding carboxylic acids is 1. The van der Waals surface area contributed by atoms with Crippen molar-refractivity contribution in [2.75, 3.05) is 11.4 Å². The van der Waals surface area contributed by atoms with Crippen LogP contribution in [0.3, 0.4) is 0 Å². The Balaban J connectivity index is 1.78. The zero-order valence-corrected chi connectivity index (χ0v) is 14.5. The summed E-state index contributed by atoms with van der Waals surface area (Å²) in [5.74, 6) is -0.274. The van der Waals surface area contributed by atoms with Gasteiger partial charge in [0.05, 0.1) is 16.5 Å². The molecule has 2 aromatic carbocycles. The summed E-state index contributed by atoms with van der Waals surface area (Å²) in [6.07, 6.45) is 0.393. The van der Waals surface area contributed by atoms with E-state index in [0.29, 0.717) is 13.0 Å². The Kier molecular flexibility index (Phi) is 4.57. The van der Waals surface area contributed by atoms with Crippen LogP contribution in [0.15, 0.2) is 53.4 Å². The maximum atomic E-state index is 12.6. The highest BCUT2D eigenvalue weighted by molar-refractivity contribution is 7.89. The molecule has 1 amide bonds. The van der Waals surface area contributed by atoms with Gasteiger partial charge < -0.3 is 4.90 Å². The van der Waals surface area contributed by atoms with Gasteiger partial charge in [-0.3, -0.25) is 4.79 Å². The number of benzene rings is 2. The first-order chi connectivity index (χ1) is 11.9. The SMILES string of the molecule is Cc1ccc(N2CCC(NS(=O)(=O)c3cccc(C#N)c3)C2=O)cc1. The van der Waals surface area contributed by atoms with Crippen molar-refractivity contribution < 1.29 is 13.2 Å². The van der Waals surface area contributed by atoms with Crippen LogP contribution in [0, 0.1) is 18.3 Å². The smallest absolute Gasteiger partial charge is 0.245 e. The summed E-state index contributed by atoms with van der Waals surface area (Å²) < 4.78 is 27.5. The molecule has 0 aliphatic carbocycles. The van der Waals surface area contributed by atoms with Crippen molar-refractivity contribution >= 4 is 21.6 Å². The molecule has 0 radical (unpaired) electrons. The van der Waals surface area contributed by atoms with Crippen molar-refractivity contribution in [2.45, 2.75) is 24.3 Å². The molecule has 0 bridgehead atoms. The van der Waals surface area contributed by atoms with Gasteiger partial charge in [0.2, 0.25) is 15.9 Å². The highest BCUT2D eigenvalue weighted by atomic mass is 32.2. The molecule has 0 spiro atoms. The summed E-state index contributed by atoms with van der Waals surface area (Å²) in [4.78, 5) is 14.1. The maximum absolute atomic E-state index is 12.6. The summed E-state index contributed by atoms with van der Waals surface area (Å²) in [5.41, 5.74) is 2.09. The molecule has 1 aliphatic heterocycles. The van der Waals surface area contributed by atoms with Gasteiger partial charge in [0.15, 0.2) is 0 Å². The summed E-state index contributed by atoms with van der Waals surface area (Å²) in [6.45, 7) is 2.41. The lowest BCUT2D eigenvalue weighted by atomic mass is 10.2. The Morgan fingerprint density at radius 3 is 2.60 bits per heavy atom. The molecule has 1 N–H and O–H groups in total. The minimum Gasteiger partial charge on any atom is -0.311 e. The van der Waals surface area contributed by atoms with E-state index in [-0.39, 0.29) is 16.4 Å². The van der Waals surface area contributed by atoms with Crippen LogP contribution in [0.1, 0.15) is 17.5 Å². The average molecular weight is 355 g/mol. The number of hydrogen-bond acceptors (Lipinski definition) is 4. The summed E-state index contributed by atoms with van der Waals surface area (Å²) in [5, 5.41) is 8.91. The number of carbonyl (C=O) groups is 1. The molecule has 1 fully saturated rings. The predicted molar refractivity (Wildman–Crippen MR) is 93.4 cm³/mol. The lowest BCUT2D eigenvalue weighted by Crippen LogP contribution is -2.41. The maximum Gasteiger partial charge on any atom is 0.245 e. The predicted octanol–water partition coefficient (Wildman–Crippen LogP) is 1.95. The molecule has 7 heteroatoms. The van der Waals surface area contributed by atoms with Gasteiger partial charge in [-0.05, 0) is 43.7 Å². The van der Waals surface area contributed by atoms with Crippen molar-refractivity contribution in [1.82, 2.24) is 4.72 Å². The monoisotopic (exact) mass is 355 g/mol. The number of amides is 1. The summed E-state index contributed by atoms with van der Waals surface area (Å²) >= 11 is 0. The molecule has 0 saturated carbocycles. The lowest BCUT2D eigenvalue weighted by molar-refractivity contribution is -0.118. The molecule has 2 aromatic rings. The number of nitrogens with zero attached hydrogens (tertiary/aromatic N) is 2. The quantitative estimate of drug-likeness (QED) is 0.908. The normalized spacial score (nSPS) is 17.5. The Bertz CT molecular complexity index is 946. The van der Waals surface area contributed by atoms with Gasteiger partial charge in [-0.2, -0.15) is 9.98 Å². The van der Waals surface area contributed by atoms with Crippen LogP contribution >= 0.6 is 0 Å². The lowest BCUT2D eigenvalue weighted by Gasteiger charge is -2.17. The molecule has 25 heavy (non-hydrogen) atoms. The molecular weight excluding hydrogens is 338 g/mol. The van der Waals surface area contributed by atoms with E-state index in [4.69, 9.17) is 5.26 Å². The molecule has 1 unspecified atom stereocenters. The molecule has 3 rings (SSSR count). The first kappa shape index (κ1) is 17.1. The van der Waals surface area contributed by atoms with Gasteiger partial charge in [0.1, 0.15) is 6.04 Å². The molecule has 0 aromatic heterocycles. The van der Waals surface area contributed by atoms with Crippen molar-refractivity contribution in [3.05, 3.63) is 59.7 Å². The number of hydrogen-bond donors (Lipinski definition) is 1. The van der Waals surface area contributed by atoms with E-state index < -0.39 is 16.1 Å². The van der Waals surface area contributed by atoms with E-state index in [0.717, 1.165) is 11.3 Å². The van der Waals surface area contributed by atoms with Crippen molar-refractivity contribution in [2.24, 2.45) is 0 Å². The third-order valence-corrected chi connectivity index (χ3v) is 5.59. The van der Waals surface area contributed by atoms with Gasteiger partial charge in [0, 0.05) is 12.2 Å². The number of sulfonamides is 1. The van der Waals surface area contributed by atoms with E-state index in [1.54, 1.807) is 4.90 Å². The highest BCUT2D eigenvalue weighted by Gasteiger charge is 2.35. The molecule has 1 atom stereocenters. The van der Waals surface area contributed by atoms with Gasteiger partial charge in [0.25, 0.3) is 0 Å². The van der Waals surface area contributed by atoms with E-state index in [1.165, 1.54) is 24.3 Å². The minimum atomic E-state index is -3.87. The van der Waals surface area contributed by atoms with E-state index in [9.17, 15) is 13.2 Å². The average Bonchev–Trinajstić information content (AvgIpc) is 2.96. The third kappa shape index (κ3) is 3.55. The summed E-state index contributed by atoms with van der Waals surface area (Å²) in [6, 6.07) is 14.3. The van der Waals surface area contributed by atoms with Gasteiger partial charge in [-0.15, -0.1) is 0 Å². The number of nitrogens with one attached hydrogen (secondary N) is 1. The van der Waals surface area contributed by atoms with Crippen LogP contribution in [-0.4, -0.2) is 26.9 Å². The fourth-order valence-corrected chi connectivity index (χ4v) is 4.03. The van der Waals surface area contributed by atoms with Crippen LogP contribution in [0.4, 0.5) is 5.69 Å². The second kappa shape index (κ2) is 6.67. The number of rotatable bonds is 4. The van der Waals surface area contributed by atoms with Crippen LogP contribution < -0.4 is 9.62 Å². The first-order valence-corrected chi connectivity index (χ1v) is 9.29. The topological polar surface area (TPSA) is 90.3 Å². The number of anilines is 1. The Morgan fingerprint density at radius 1 is 1.20 bits per heavy atom. The molecule has 128 valence electrons. The van der Waals surface area contributed by atoms with Gasteiger partial charge >= 0.3 is 0 Å². The molecule has 6 nitrogen and oxygen atoms in total. The molecule has 1 saturated heterocycles. The highest BCUT2D eigenvalue weighted by Crippen LogP contribution is 2.23. The van der Waals surface area contributed by atoms with Crippen LogP contribution in [0.25, 0.3) is 0 Å². The Hall–Kier alpha value is -2.69. The van der Waals surface area contributed by atoms with Crippen molar-refractivity contribution in [1.29, 1.82) is 5.26 Å². The zero-order valence-electron chi connectivity index (χ0n) is 13.6. The van der Waals surface area contributed by atoms with Gasteiger partial charge in [-0.25, -0.2) is 8.42 Å². The fourth-order valence-electron chi connectivity index (χ4n) is 2.76. The second-order valence-corrected chi connectivity index (χ2v) is 7.64. The third-order valence-electron chi connectivity index (χ3n) is 4.12. The van der Waals surface area contributed by atoms with Crippen LogP contribution in [0.5, 0.6) is 0 Å². The van der Waals surface area contributed by atoms with Crippen LogP contribution in [0.2, 0.25) is 0 Å². The van der Waals surface area contributed by atoms with E-state index >= 15 is 0 Å². The minimum absolute atomic E-state index is 0.0202. The van der Waals surface area contributed by atoms with Crippen molar-refractivity contribution in [3.63, 3.8) is 0 Å². The van der Waals surface area contributed by atoms with E-state index in [2.05, 4.69) is 4.72 Å². The largest absolute Gasteiger partial charge is 0.311 e. The second-order valence-electron chi connectivity index (χ2n) is 5.93. The molecule has 1 aliphatic rings. The summed E-state index contributed by atoms with van der Waals surface area (Å²) in [7, 11) is -3.87. The fraction of sp³-hybridized carbons (Fsp3) is 0.222. The van der Waals surface area contributed by atoms with E-state index in [1.807, 2.05) is 37.3 Å². The Morgan fingerprint density at radius 2 is 1.92 bits per heavy atom. The zero-order chi connectivity index (χ0) is 18.0. The molecular formula is C18H17N3O3S. The molecule has 1 heterocycles. The Labute approximate surface area is 146 Å².